The molecule has 1 aromatic carbocycles. The van der Waals surface area contributed by atoms with E-state index in [9.17, 15) is 8.42 Å². The highest BCUT2D eigenvalue weighted by Crippen LogP contribution is 2.25. The summed E-state index contributed by atoms with van der Waals surface area (Å²) in [6.07, 6.45) is 3.72. The van der Waals surface area contributed by atoms with E-state index in [0.717, 1.165) is 5.56 Å². The van der Waals surface area contributed by atoms with E-state index in [1.54, 1.807) is 19.2 Å². The van der Waals surface area contributed by atoms with Gasteiger partial charge in [0.1, 0.15) is 0 Å². The predicted molar refractivity (Wildman–Crippen MR) is 82.4 cm³/mol. The first-order valence-corrected chi connectivity index (χ1v) is 7.98. The third-order valence-corrected chi connectivity index (χ3v) is 4.14. The Labute approximate surface area is 124 Å². The zero-order chi connectivity index (χ0) is 15.6. The predicted octanol–water partition coefficient (Wildman–Crippen LogP) is 0.842. The summed E-state index contributed by atoms with van der Waals surface area (Å²) < 4.78 is 24.9. The highest BCUT2D eigenvalue weighted by Gasteiger charge is 2.15. The third-order valence-electron chi connectivity index (χ3n) is 3.11. The summed E-state index contributed by atoms with van der Waals surface area (Å²) in [5, 5.41) is 12.5. The average molecular weight is 309 g/mol. The second-order valence-electron chi connectivity index (χ2n) is 4.94. The number of nitrogens with one attached hydrogen (secondary N) is 1. The number of nitrogen functional groups attached to an aromatic ring is 1. The van der Waals surface area contributed by atoms with E-state index in [1.807, 2.05) is 17.8 Å². The number of rotatable bonds is 5. The van der Waals surface area contributed by atoms with E-state index < -0.39 is 10.0 Å². The van der Waals surface area contributed by atoms with Gasteiger partial charge in [0.25, 0.3) is 0 Å². The lowest BCUT2D eigenvalue weighted by atomic mass is 10.2. The molecular formula is C13H19N5O2S. The lowest BCUT2D eigenvalue weighted by molar-refractivity contribution is 0.597. The molecule has 2 rings (SSSR count). The molecule has 0 aliphatic rings. The number of hydrogen-bond donors (Lipinski definition) is 3. The van der Waals surface area contributed by atoms with Crippen molar-refractivity contribution in [3.05, 3.63) is 35.7 Å². The first kappa shape index (κ1) is 15.3. The van der Waals surface area contributed by atoms with Crippen molar-refractivity contribution in [1.29, 1.82) is 0 Å². The molecule has 0 spiro atoms. The Morgan fingerprint density at radius 3 is 2.62 bits per heavy atom. The fraction of sp³-hybridized carbons (Fsp3) is 0.308. The van der Waals surface area contributed by atoms with E-state index >= 15 is 0 Å². The van der Waals surface area contributed by atoms with Crippen LogP contribution in [0.25, 0.3) is 0 Å². The topological polar surface area (TPSA) is 116 Å². The zero-order valence-corrected chi connectivity index (χ0v) is 12.8. The molecular weight excluding hydrogens is 290 g/mol. The Kier molecular flexibility index (Phi) is 4.19. The fourth-order valence-corrected chi connectivity index (χ4v) is 2.92. The SMILES string of the molecule is Cc1cnn(CCNc2cc(N)cc(S(N)(=O)=O)c2C)c1. The molecule has 114 valence electrons. The number of benzene rings is 1. The van der Waals surface area contributed by atoms with Gasteiger partial charge in [-0.05, 0) is 37.1 Å². The number of primary sulfonamides is 1. The number of hydrogen-bond acceptors (Lipinski definition) is 5. The van der Waals surface area contributed by atoms with E-state index in [2.05, 4.69) is 10.4 Å². The van der Waals surface area contributed by atoms with E-state index in [4.69, 9.17) is 10.9 Å². The van der Waals surface area contributed by atoms with Gasteiger partial charge in [0.2, 0.25) is 10.0 Å². The van der Waals surface area contributed by atoms with Crippen LogP contribution in [0.2, 0.25) is 0 Å². The van der Waals surface area contributed by atoms with Gasteiger partial charge in [-0.25, -0.2) is 13.6 Å². The third kappa shape index (κ3) is 3.73. The summed E-state index contributed by atoms with van der Waals surface area (Å²) in [6.45, 7) is 4.92. The molecule has 0 aliphatic heterocycles. The molecule has 7 nitrogen and oxygen atoms in total. The van der Waals surface area contributed by atoms with E-state index in [-0.39, 0.29) is 4.90 Å². The highest BCUT2D eigenvalue weighted by molar-refractivity contribution is 7.89. The van der Waals surface area contributed by atoms with Crippen molar-refractivity contribution in [1.82, 2.24) is 9.78 Å². The molecule has 8 heteroatoms. The highest BCUT2D eigenvalue weighted by atomic mass is 32.2. The second-order valence-corrected chi connectivity index (χ2v) is 6.47. The second kappa shape index (κ2) is 5.74. The summed E-state index contributed by atoms with van der Waals surface area (Å²) in [5.41, 5.74) is 8.39. The Hall–Kier alpha value is -2.06. The number of aromatic nitrogens is 2. The van der Waals surface area contributed by atoms with Gasteiger partial charge in [-0.15, -0.1) is 0 Å². The average Bonchev–Trinajstić information content (AvgIpc) is 2.77. The van der Waals surface area contributed by atoms with Gasteiger partial charge in [-0.1, -0.05) is 0 Å². The minimum atomic E-state index is -3.79. The van der Waals surface area contributed by atoms with Gasteiger partial charge in [-0.2, -0.15) is 5.10 Å². The number of aryl methyl sites for hydroxylation is 1. The normalized spacial score (nSPS) is 11.6. The minimum absolute atomic E-state index is 0.0416. The first-order valence-electron chi connectivity index (χ1n) is 6.43. The fourth-order valence-electron chi connectivity index (χ4n) is 2.08. The Bertz CT molecular complexity index is 752. The maximum atomic E-state index is 11.5. The molecule has 0 saturated heterocycles. The quantitative estimate of drug-likeness (QED) is 0.708. The van der Waals surface area contributed by atoms with Crippen LogP contribution < -0.4 is 16.2 Å². The molecule has 5 N–H and O–H groups in total. The molecule has 0 saturated carbocycles. The molecule has 2 aromatic rings. The number of sulfonamides is 1. The van der Waals surface area contributed by atoms with Gasteiger partial charge in [0.05, 0.1) is 17.6 Å². The van der Waals surface area contributed by atoms with Crippen molar-refractivity contribution in [2.75, 3.05) is 17.6 Å². The summed E-state index contributed by atoms with van der Waals surface area (Å²) in [5.74, 6) is 0. The molecule has 0 unspecified atom stereocenters. The largest absolute Gasteiger partial charge is 0.399 e. The number of nitrogens with zero attached hydrogens (tertiary/aromatic N) is 2. The van der Waals surface area contributed by atoms with Crippen molar-refractivity contribution >= 4 is 21.4 Å². The van der Waals surface area contributed by atoms with Gasteiger partial charge < -0.3 is 11.1 Å². The van der Waals surface area contributed by atoms with Crippen molar-refractivity contribution in [3.63, 3.8) is 0 Å². The zero-order valence-electron chi connectivity index (χ0n) is 12.0. The van der Waals surface area contributed by atoms with Crippen LogP contribution in [0.4, 0.5) is 11.4 Å². The van der Waals surface area contributed by atoms with Crippen LogP contribution in [0.5, 0.6) is 0 Å². The Balaban J connectivity index is 2.15. The smallest absolute Gasteiger partial charge is 0.238 e. The number of nitrogens with two attached hydrogens (primary N) is 2. The minimum Gasteiger partial charge on any atom is -0.399 e. The molecule has 1 aromatic heterocycles. The van der Waals surface area contributed by atoms with Gasteiger partial charge >= 0.3 is 0 Å². The Morgan fingerprint density at radius 2 is 2.05 bits per heavy atom. The molecule has 0 bridgehead atoms. The monoisotopic (exact) mass is 309 g/mol. The van der Waals surface area contributed by atoms with Crippen LogP contribution in [0.15, 0.2) is 29.4 Å². The molecule has 0 aliphatic carbocycles. The van der Waals surface area contributed by atoms with E-state index in [1.165, 1.54) is 6.07 Å². The number of anilines is 2. The molecule has 0 atom stereocenters. The van der Waals surface area contributed by atoms with Crippen molar-refractivity contribution in [3.8, 4) is 0 Å². The van der Waals surface area contributed by atoms with Crippen LogP contribution in [0.3, 0.4) is 0 Å². The molecule has 0 radical (unpaired) electrons. The molecule has 0 fully saturated rings. The van der Waals surface area contributed by atoms with Crippen molar-refractivity contribution in [2.45, 2.75) is 25.3 Å². The molecule has 21 heavy (non-hydrogen) atoms. The van der Waals surface area contributed by atoms with Crippen LogP contribution in [-0.2, 0) is 16.6 Å². The maximum Gasteiger partial charge on any atom is 0.238 e. The summed E-state index contributed by atoms with van der Waals surface area (Å²) >= 11 is 0. The summed E-state index contributed by atoms with van der Waals surface area (Å²) in [6, 6.07) is 3.06. The first-order chi connectivity index (χ1) is 9.77. The van der Waals surface area contributed by atoms with Gasteiger partial charge in [0, 0.05) is 24.1 Å². The van der Waals surface area contributed by atoms with Crippen LogP contribution >= 0.6 is 0 Å². The summed E-state index contributed by atoms with van der Waals surface area (Å²) in [4.78, 5) is 0.0416. The molecule has 0 amide bonds. The molecule has 1 heterocycles. The van der Waals surface area contributed by atoms with Crippen LogP contribution in [0, 0.1) is 13.8 Å². The van der Waals surface area contributed by atoms with E-state index in [0.29, 0.717) is 30.0 Å². The van der Waals surface area contributed by atoms with Crippen LogP contribution in [-0.4, -0.2) is 24.7 Å². The summed E-state index contributed by atoms with van der Waals surface area (Å²) in [7, 11) is -3.79. The maximum absolute atomic E-state index is 11.5. The standard InChI is InChI=1S/C13H19N5O2S/c1-9-7-17-18(8-9)4-3-16-12-5-11(14)6-13(10(12)2)21(15,19)20/h5-8,16H,3-4,14H2,1-2H3,(H2,15,19,20). The lowest BCUT2D eigenvalue weighted by Gasteiger charge is -2.13. The van der Waals surface area contributed by atoms with Crippen LogP contribution in [0.1, 0.15) is 11.1 Å². The lowest BCUT2D eigenvalue weighted by Crippen LogP contribution is -2.16. The Morgan fingerprint density at radius 1 is 1.33 bits per heavy atom. The van der Waals surface area contributed by atoms with Gasteiger partial charge in [0.15, 0.2) is 0 Å². The van der Waals surface area contributed by atoms with Gasteiger partial charge in [-0.3, -0.25) is 4.68 Å². The van der Waals surface area contributed by atoms with Crippen molar-refractivity contribution < 1.29 is 8.42 Å². The van der Waals surface area contributed by atoms with Crippen molar-refractivity contribution in [2.24, 2.45) is 5.14 Å².